The smallest absolute Gasteiger partial charge is 0.332 e. The predicted octanol–water partition coefficient (Wildman–Crippen LogP) is 2.60. The van der Waals surface area contributed by atoms with Crippen LogP contribution in [0.2, 0.25) is 5.02 Å². The van der Waals surface area contributed by atoms with E-state index in [9.17, 15) is 14.4 Å². The van der Waals surface area contributed by atoms with Gasteiger partial charge in [-0.3, -0.25) is 23.3 Å². The fourth-order valence-electron chi connectivity index (χ4n) is 3.44. The Morgan fingerprint density at radius 1 is 1.00 bits per heavy atom. The van der Waals surface area contributed by atoms with Crippen molar-refractivity contribution >= 4 is 35.0 Å². The molecule has 0 aliphatic rings. The van der Waals surface area contributed by atoms with Gasteiger partial charge in [0.1, 0.15) is 11.4 Å². The van der Waals surface area contributed by atoms with E-state index in [2.05, 4.69) is 10.2 Å². The number of halogens is 1. The van der Waals surface area contributed by atoms with E-state index in [1.165, 1.54) is 14.1 Å². The molecular formula is C23H21ClN6O3S. The van der Waals surface area contributed by atoms with Gasteiger partial charge in [0.15, 0.2) is 16.8 Å². The number of nitrogens with zero attached hydrogens (tertiary/aromatic N) is 5. The molecule has 34 heavy (non-hydrogen) atoms. The van der Waals surface area contributed by atoms with E-state index >= 15 is 0 Å². The molecule has 0 amide bonds. The van der Waals surface area contributed by atoms with Crippen LogP contribution in [0.25, 0.3) is 11.4 Å². The minimum atomic E-state index is -0.723. The van der Waals surface area contributed by atoms with Crippen molar-refractivity contribution in [2.24, 2.45) is 14.1 Å². The van der Waals surface area contributed by atoms with Gasteiger partial charge in [-0.05, 0) is 29.8 Å². The van der Waals surface area contributed by atoms with Gasteiger partial charge in [-0.15, -0.1) is 10.2 Å². The number of ketones is 1. The normalized spacial score (nSPS) is 11.0. The Morgan fingerprint density at radius 3 is 2.35 bits per heavy atom. The number of aromatic nitrogens is 5. The number of benzene rings is 2. The molecule has 174 valence electrons. The highest BCUT2D eigenvalue weighted by Crippen LogP contribution is 2.27. The van der Waals surface area contributed by atoms with Crippen LogP contribution in [0.3, 0.4) is 0 Å². The molecule has 0 spiro atoms. The summed E-state index contributed by atoms with van der Waals surface area (Å²) in [5, 5.41) is 9.74. The van der Waals surface area contributed by atoms with Crippen molar-refractivity contribution in [3.63, 3.8) is 0 Å². The van der Waals surface area contributed by atoms with E-state index < -0.39 is 17.0 Å². The van der Waals surface area contributed by atoms with Crippen LogP contribution in [0.1, 0.15) is 15.9 Å². The maximum absolute atomic E-state index is 13.0. The van der Waals surface area contributed by atoms with Crippen LogP contribution in [0.4, 0.5) is 5.82 Å². The monoisotopic (exact) mass is 496 g/mol. The third-order valence-electron chi connectivity index (χ3n) is 5.32. The molecule has 0 radical (unpaired) electrons. The van der Waals surface area contributed by atoms with Crippen LogP contribution in [-0.2, 0) is 20.6 Å². The average molecular weight is 497 g/mol. The molecule has 0 unspecified atom stereocenters. The van der Waals surface area contributed by atoms with Crippen LogP contribution in [-0.4, -0.2) is 35.4 Å². The maximum Gasteiger partial charge on any atom is 0.332 e. The molecule has 9 nitrogen and oxygen atoms in total. The second kappa shape index (κ2) is 9.70. The minimum Gasteiger partial charge on any atom is -0.384 e. The summed E-state index contributed by atoms with van der Waals surface area (Å²) in [6, 6.07) is 17.0. The lowest BCUT2D eigenvalue weighted by Gasteiger charge is -2.12. The van der Waals surface area contributed by atoms with Crippen molar-refractivity contribution in [1.29, 1.82) is 0 Å². The largest absolute Gasteiger partial charge is 0.384 e. The Labute approximate surface area is 203 Å². The van der Waals surface area contributed by atoms with Gasteiger partial charge in [-0.1, -0.05) is 53.7 Å². The van der Waals surface area contributed by atoms with E-state index in [0.29, 0.717) is 22.5 Å². The van der Waals surface area contributed by atoms with Gasteiger partial charge in [0.25, 0.3) is 5.56 Å². The molecule has 0 fully saturated rings. The highest BCUT2D eigenvalue weighted by Gasteiger charge is 2.22. The minimum absolute atomic E-state index is 0.106. The Kier molecular flexibility index (Phi) is 6.71. The number of carbonyl (C=O) groups is 1. The molecule has 2 heterocycles. The molecule has 0 atom stereocenters. The maximum atomic E-state index is 13.0. The molecule has 4 rings (SSSR count). The average Bonchev–Trinajstić information content (AvgIpc) is 3.23. The highest BCUT2D eigenvalue weighted by atomic mass is 35.5. The molecule has 0 aliphatic carbocycles. The summed E-state index contributed by atoms with van der Waals surface area (Å²) in [6.45, 7) is 0.478. The Morgan fingerprint density at radius 2 is 1.68 bits per heavy atom. The van der Waals surface area contributed by atoms with E-state index in [1.54, 1.807) is 12.1 Å². The summed E-state index contributed by atoms with van der Waals surface area (Å²) in [6.07, 6.45) is 0. The first-order valence-corrected chi connectivity index (χ1v) is 11.6. The van der Waals surface area contributed by atoms with E-state index in [1.807, 2.05) is 47.0 Å². The van der Waals surface area contributed by atoms with Crippen molar-refractivity contribution in [3.05, 3.63) is 91.6 Å². The SMILES string of the molecule is Cn1c(N)c(C(=O)CSc2nnc(-c3ccc(Cl)cc3)n2Cc2ccccc2)c(=O)n(C)c1=O. The molecule has 2 aromatic heterocycles. The number of hydrogen-bond donors (Lipinski definition) is 1. The van der Waals surface area contributed by atoms with Crippen molar-refractivity contribution in [1.82, 2.24) is 23.9 Å². The number of thioether (sulfide) groups is 1. The summed E-state index contributed by atoms with van der Waals surface area (Å²) in [5.41, 5.74) is 6.24. The van der Waals surface area contributed by atoms with Gasteiger partial charge in [0.2, 0.25) is 0 Å². The van der Waals surface area contributed by atoms with Gasteiger partial charge in [0.05, 0.1) is 12.3 Å². The number of nitrogens with two attached hydrogens (primary N) is 1. The first-order chi connectivity index (χ1) is 16.3. The van der Waals surface area contributed by atoms with Crippen molar-refractivity contribution in [2.45, 2.75) is 11.7 Å². The highest BCUT2D eigenvalue weighted by molar-refractivity contribution is 7.99. The third kappa shape index (κ3) is 4.55. The number of anilines is 1. The van der Waals surface area contributed by atoms with Crippen LogP contribution in [0, 0.1) is 0 Å². The molecule has 0 aliphatic heterocycles. The number of carbonyl (C=O) groups excluding carboxylic acids is 1. The van der Waals surface area contributed by atoms with Gasteiger partial charge in [0, 0.05) is 24.7 Å². The summed E-state index contributed by atoms with van der Waals surface area (Å²) >= 11 is 7.17. The van der Waals surface area contributed by atoms with E-state index in [-0.39, 0.29) is 17.1 Å². The second-order valence-corrected chi connectivity index (χ2v) is 8.94. The molecule has 2 aromatic carbocycles. The molecular weight excluding hydrogens is 476 g/mol. The zero-order valence-electron chi connectivity index (χ0n) is 18.4. The Hall–Kier alpha value is -3.63. The van der Waals surface area contributed by atoms with Gasteiger partial charge < -0.3 is 5.73 Å². The summed E-state index contributed by atoms with van der Waals surface area (Å²) in [5.74, 6) is -0.147. The number of hydrogen-bond acceptors (Lipinski definition) is 7. The van der Waals surface area contributed by atoms with Gasteiger partial charge >= 0.3 is 5.69 Å². The summed E-state index contributed by atoms with van der Waals surface area (Å²) in [4.78, 5) is 37.5. The molecule has 4 aromatic rings. The van der Waals surface area contributed by atoms with Crippen molar-refractivity contribution in [3.8, 4) is 11.4 Å². The fraction of sp³-hybridized carbons (Fsp3) is 0.174. The van der Waals surface area contributed by atoms with E-state index in [4.69, 9.17) is 17.3 Å². The number of rotatable bonds is 7. The molecule has 0 bridgehead atoms. The van der Waals surface area contributed by atoms with Crippen molar-refractivity contribution in [2.75, 3.05) is 11.5 Å². The Bertz CT molecular complexity index is 1480. The Balaban J connectivity index is 1.67. The quantitative estimate of drug-likeness (QED) is 0.308. The van der Waals surface area contributed by atoms with Gasteiger partial charge in [-0.25, -0.2) is 4.79 Å². The molecule has 2 N–H and O–H groups in total. The zero-order chi connectivity index (χ0) is 24.4. The lowest BCUT2D eigenvalue weighted by Crippen LogP contribution is -2.41. The van der Waals surface area contributed by atoms with Crippen LogP contribution in [0.15, 0.2) is 69.3 Å². The first-order valence-electron chi connectivity index (χ1n) is 10.2. The van der Waals surface area contributed by atoms with Gasteiger partial charge in [-0.2, -0.15) is 0 Å². The number of nitrogen functional groups attached to an aromatic ring is 1. The topological polar surface area (TPSA) is 118 Å². The lowest BCUT2D eigenvalue weighted by atomic mass is 10.2. The van der Waals surface area contributed by atoms with Crippen LogP contribution < -0.4 is 17.0 Å². The summed E-state index contributed by atoms with van der Waals surface area (Å²) < 4.78 is 3.85. The first kappa shape index (κ1) is 23.5. The lowest BCUT2D eigenvalue weighted by molar-refractivity contribution is 0.102. The molecule has 0 saturated carbocycles. The fourth-order valence-corrected chi connectivity index (χ4v) is 4.38. The summed E-state index contributed by atoms with van der Waals surface area (Å²) in [7, 11) is 2.72. The molecule has 0 saturated heterocycles. The second-order valence-electron chi connectivity index (χ2n) is 7.56. The molecule has 11 heteroatoms. The predicted molar refractivity (Wildman–Crippen MR) is 132 cm³/mol. The number of Topliss-reactive ketones (excluding diaryl/α,β-unsaturated/α-hetero) is 1. The zero-order valence-corrected chi connectivity index (χ0v) is 20.0. The van der Waals surface area contributed by atoms with Crippen LogP contribution >= 0.6 is 23.4 Å². The van der Waals surface area contributed by atoms with E-state index in [0.717, 1.165) is 32.0 Å². The standard InChI is InChI=1S/C23H21ClN6O3S/c1-28-19(25)18(21(32)29(2)23(28)33)17(31)13-34-22-27-26-20(15-8-10-16(24)11-9-15)30(22)12-14-6-4-3-5-7-14/h3-11H,12-13,25H2,1-2H3. The van der Waals surface area contributed by atoms with Crippen molar-refractivity contribution < 1.29 is 4.79 Å². The third-order valence-corrected chi connectivity index (χ3v) is 6.54. The van der Waals surface area contributed by atoms with Crippen LogP contribution in [0.5, 0.6) is 0 Å².